The first-order valence-corrected chi connectivity index (χ1v) is 22.3. The summed E-state index contributed by atoms with van der Waals surface area (Å²) in [5.41, 5.74) is 0. The van der Waals surface area contributed by atoms with Crippen LogP contribution >= 0.6 is 7.82 Å². The second-order valence-corrected chi connectivity index (χ2v) is 16.8. The van der Waals surface area contributed by atoms with Gasteiger partial charge in [0.2, 0.25) is 0 Å². The molecule has 0 aromatic rings. The van der Waals surface area contributed by atoms with Crippen LogP contribution in [-0.4, -0.2) is 74.9 Å². The van der Waals surface area contributed by atoms with E-state index in [1.54, 1.807) is 0 Å². The van der Waals surface area contributed by atoms with E-state index >= 15 is 0 Å². The van der Waals surface area contributed by atoms with Crippen molar-refractivity contribution in [3.05, 3.63) is 0 Å². The summed E-state index contributed by atoms with van der Waals surface area (Å²) in [6.45, 7) is 4.39. The number of rotatable bonds is 38. The van der Waals surface area contributed by atoms with Gasteiger partial charge in [-0.1, -0.05) is 168 Å². The van der Waals surface area contributed by atoms with Crippen molar-refractivity contribution in [2.75, 3.05) is 47.5 Å². The summed E-state index contributed by atoms with van der Waals surface area (Å²) in [5, 5.41) is 0. The zero-order chi connectivity index (χ0) is 37.2. The van der Waals surface area contributed by atoms with E-state index < -0.39 is 26.5 Å². The lowest BCUT2D eigenvalue weighted by Crippen LogP contribution is -2.37. The van der Waals surface area contributed by atoms with Crippen molar-refractivity contribution in [3.63, 3.8) is 0 Å². The van der Waals surface area contributed by atoms with E-state index in [9.17, 15) is 19.0 Å². The number of carbonyl (C=O) groups excluding carboxylic acids is 2. The number of hydrogen-bond acceptors (Lipinski definition) is 7. The van der Waals surface area contributed by atoms with Crippen molar-refractivity contribution < 1.29 is 42.1 Å². The third-order valence-electron chi connectivity index (χ3n) is 9.14. The zero-order valence-electron chi connectivity index (χ0n) is 33.4. The average Bonchev–Trinajstić information content (AvgIpc) is 3.06. The van der Waals surface area contributed by atoms with E-state index in [1.165, 1.54) is 122 Å². The summed E-state index contributed by atoms with van der Waals surface area (Å²) in [7, 11) is 1.49. The fraction of sp³-hybridized carbons (Fsp3) is 0.950. The Labute approximate surface area is 308 Å². The van der Waals surface area contributed by atoms with Crippen LogP contribution in [-0.2, 0) is 32.7 Å². The Morgan fingerprint density at radius 1 is 0.540 bits per heavy atom. The molecule has 2 unspecified atom stereocenters. The first-order chi connectivity index (χ1) is 24.0. The highest BCUT2D eigenvalue weighted by Gasteiger charge is 2.27. The van der Waals surface area contributed by atoms with Gasteiger partial charge in [-0.25, -0.2) is 4.57 Å². The Hall–Kier alpha value is -0.990. The molecule has 298 valence electrons. The number of phosphoric ester groups is 1. The van der Waals surface area contributed by atoms with Crippen molar-refractivity contribution >= 4 is 19.8 Å². The molecule has 0 aliphatic carbocycles. The molecule has 0 radical (unpaired) electrons. The van der Waals surface area contributed by atoms with Crippen molar-refractivity contribution in [1.82, 2.24) is 0 Å². The molecule has 0 saturated heterocycles. The highest BCUT2D eigenvalue weighted by atomic mass is 31.2. The van der Waals surface area contributed by atoms with E-state index in [2.05, 4.69) is 13.8 Å². The maximum absolute atomic E-state index is 12.5. The quantitative estimate of drug-likeness (QED) is 0.0289. The van der Waals surface area contributed by atoms with Gasteiger partial charge >= 0.3 is 19.8 Å². The molecule has 0 amide bonds. The van der Waals surface area contributed by atoms with Gasteiger partial charge in [0, 0.05) is 12.8 Å². The second kappa shape index (κ2) is 33.8. The largest absolute Gasteiger partial charge is 0.472 e. The molecule has 0 aromatic heterocycles. The molecule has 0 spiro atoms. The molecule has 0 heterocycles. The number of likely N-dealkylation sites (N-methyl/N-ethyl adjacent to an activating group) is 1. The molecule has 0 aromatic carbocycles. The molecule has 0 bridgehead atoms. The van der Waals surface area contributed by atoms with Crippen LogP contribution < -0.4 is 0 Å². The minimum absolute atomic E-state index is 0.0361. The van der Waals surface area contributed by atoms with Gasteiger partial charge in [-0.15, -0.1) is 0 Å². The lowest BCUT2D eigenvalue weighted by molar-refractivity contribution is -0.870. The monoisotopic (exact) mass is 735 g/mol. The van der Waals surface area contributed by atoms with Crippen LogP contribution in [0.25, 0.3) is 0 Å². The van der Waals surface area contributed by atoms with Crippen molar-refractivity contribution in [2.45, 2.75) is 200 Å². The Bertz CT molecular complexity index is 835. The third kappa shape index (κ3) is 36.8. The molecular formula is C40H81NO8P+. The van der Waals surface area contributed by atoms with Gasteiger partial charge in [-0.3, -0.25) is 18.6 Å². The molecule has 10 heteroatoms. The molecule has 0 saturated carbocycles. The minimum atomic E-state index is -4.35. The molecule has 0 aliphatic rings. The van der Waals surface area contributed by atoms with Crippen LogP contribution in [0.5, 0.6) is 0 Å². The molecule has 1 N–H and O–H groups in total. The normalized spacial score (nSPS) is 13.6. The lowest BCUT2D eigenvalue weighted by atomic mass is 10.0. The third-order valence-corrected chi connectivity index (χ3v) is 10.1. The highest BCUT2D eigenvalue weighted by molar-refractivity contribution is 7.47. The summed E-state index contributed by atoms with van der Waals surface area (Å²) < 4.78 is 34.1. The topological polar surface area (TPSA) is 108 Å². The molecule has 0 rings (SSSR count). The van der Waals surface area contributed by atoms with Gasteiger partial charge in [-0.2, -0.15) is 0 Å². The Morgan fingerprint density at radius 3 is 1.28 bits per heavy atom. The summed E-state index contributed by atoms with van der Waals surface area (Å²) in [6, 6.07) is 0. The maximum Gasteiger partial charge on any atom is 0.472 e. The van der Waals surface area contributed by atoms with Gasteiger partial charge in [-0.05, 0) is 12.8 Å². The van der Waals surface area contributed by atoms with Crippen molar-refractivity contribution in [2.24, 2.45) is 0 Å². The van der Waals surface area contributed by atoms with Gasteiger partial charge in [0.15, 0.2) is 6.10 Å². The Kier molecular flexibility index (Phi) is 33.2. The van der Waals surface area contributed by atoms with Crippen LogP contribution in [0.2, 0.25) is 0 Å². The summed E-state index contributed by atoms with van der Waals surface area (Å²) in [4.78, 5) is 35.1. The number of phosphoric acid groups is 1. The number of ether oxygens (including phenoxy) is 2. The van der Waals surface area contributed by atoms with E-state index in [4.69, 9.17) is 18.5 Å². The SMILES string of the molecule is CCCCCCCCCCCCCCCCCCCCCC(=O)OCC(COP(=O)(O)OCC[N+](C)(C)C)OC(=O)CCCCCCCCC. The fourth-order valence-electron chi connectivity index (χ4n) is 5.84. The van der Waals surface area contributed by atoms with E-state index in [-0.39, 0.29) is 25.6 Å². The average molecular weight is 735 g/mol. The van der Waals surface area contributed by atoms with Crippen LogP contribution in [0.1, 0.15) is 194 Å². The standard InChI is InChI=1S/C40H80NO8P/c1-6-8-10-12-14-15-16-17-18-19-20-21-22-23-24-25-27-28-30-32-39(42)46-36-38(37-48-50(44,45)47-35-34-41(3,4)5)49-40(43)33-31-29-26-13-11-9-7-2/h38H,6-37H2,1-5H3/p+1. The minimum Gasteiger partial charge on any atom is -0.462 e. The maximum atomic E-state index is 12.5. The first kappa shape index (κ1) is 49.0. The highest BCUT2D eigenvalue weighted by Crippen LogP contribution is 2.43. The molecular weight excluding hydrogens is 653 g/mol. The molecule has 50 heavy (non-hydrogen) atoms. The number of carbonyl (C=O) groups is 2. The van der Waals surface area contributed by atoms with E-state index in [0.717, 1.165) is 38.5 Å². The van der Waals surface area contributed by atoms with Gasteiger partial charge in [0.1, 0.15) is 19.8 Å². The van der Waals surface area contributed by atoms with Crippen LogP contribution in [0, 0.1) is 0 Å². The Morgan fingerprint density at radius 2 is 0.900 bits per heavy atom. The molecule has 9 nitrogen and oxygen atoms in total. The smallest absolute Gasteiger partial charge is 0.462 e. The summed E-state index contributed by atoms with van der Waals surface area (Å²) in [5.74, 6) is -0.794. The molecule has 0 fully saturated rings. The number of hydrogen-bond donors (Lipinski definition) is 1. The van der Waals surface area contributed by atoms with Crippen LogP contribution in [0.3, 0.4) is 0 Å². The summed E-state index contributed by atoms with van der Waals surface area (Å²) >= 11 is 0. The predicted molar refractivity (Wildman–Crippen MR) is 206 cm³/mol. The van der Waals surface area contributed by atoms with E-state index in [0.29, 0.717) is 23.9 Å². The molecule has 2 atom stereocenters. The fourth-order valence-corrected chi connectivity index (χ4v) is 6.58. The van der Waals surface area contributed by atoms with Crippen molar-refractivity contribution in [3.8, 4) is 0 Å². The van der Waals surface area contributed by atoms with Gasteiger partial charge < -0.3 is 18.9 Å². The van der Waals surface area contributed by atoms with E-state index in [1.807, 2.05) is 21.1 Å². The first-order valence-electron chi connectivity index (χ1n) is 20.8. The molecule has 0 aliphatic heterocycles. The number of nitrogens with zero attached hydrogens (tertiary/aromatic N) is 1. The Balaban J connectivity index is 4.17. The number of esters is 2. The number of unbranched alkanes of at least 4 members (excludes halogenated alkanes) is 24. The van der Waals surface area contributed by atoms with Gasteiger partial charge in [0.05, 0.1) is 27.7 Å². The van der Waals surface area contributed by atoms with Crippen LogP contribution in [0.4, 0.5) is 0 Å². The zero-order valence-corrected chi connectivity index (χ0v) is 34.3. The van der Waals surface area contributed by atoms with Crippen LogP contribution in [0.15, 0.2) is 0 Å². The number of quaternary nitrogens is 1. The second-order valence-electron chi connectivity index (χ2n) is 15.4. The van der Waals surface area contributed by atoms with Gasteiger partial charge in [0.25, 0.3) is 0 Å². The lowest BCUT2D eigenvalue weighted by Gasteiger charge is -2.24. The predicted octanol–water partition coefficient (Wildman–Crippen LogP) is 11.2. The summed E-state index contributed by atoms with van der Waals surface area (Å²) in [6.07, 6.45) is 31.7. The van der Waals surface area contributed by atoms with Crippen molar-refractivity contribution in [1.29, 1.82) is 0 Å².